The number of aromatic nitrogens is 5. The molecule has 4 aromatic heterocycles. The van der Waals surface area contributed by atoms with Crippen LogP contribution in [-0.4, -0.2) is 25.1 Å². The Balaban J connectivity index is 1.40. The number of hydrogen-bond donors (Lipinski definition) is 3. The third-order valence-electron chi connectivity index (χ3n) is 6.43. The number of nitrogens with one attached hydrogen (secondary N) is 3. The number of aromatic amines is 2. The minimum absolute atomic E-state index is 0.271. The topological polar surface area (TPSA) is 82.3 Å². The highest BCUT2D eigenvalue weighted by Gasteiger charge is 2.15. The van der Waals surface area contributed by atoms with Crippen LogP contribution in [0.1, 0.15) is 19.8 Å². The molecule has 0 saturated carbocycles. The van der Waals surface area contributed by atoms with Crippen molar-refractivity contribution in [3.8, 4) is 33.6 Å². The van der Waals surface area contributed by atoms with Gasteiger partial charge in [0, 0.05) is 34.4 Å². The first-order valence-corrected chi connectivity index (χ1v) is 12.2. The Morgan fingerprint density at radius 3 is 2.76 bits per heavy atom. The van der Waals surface area contributed by atoms with Crippen LogP contribution in [0.2, 0.25) is 0 Å². The molecule has 0 unspecified atom stereocenters. The van der Waals surface area contributed by atoms with Gasteiger partial charge >= 0.3 is 0 Å². The largest absolute Gasteiger partial charge is 0.358 e. The molecular formula is C30H25FN6. The molecule has 0 bridgehead atoms. The highest BCUT2D eigenvalue weighted by atomic mass is 19.1. The summed E-state index contributed by atoms with van der Waals surface area (Å²) in [5.41, 5.74) is 8.89. The maximum absolute atomic E-state index is 13.9. The van der Waals surface area contributed by atoms with Crippen LogP contribution in [0.5, 0.6) is 0 Å². The predicted molar refractivity (Wildman–Crippen MR) is 147 cm³/mol. The standard InChI is InChI=1S/C30H25FN6/c1-3-5-18(2)34-23-13-21(16-32-17-23)19-8-9-27-26(14-19)29(37-36-27)28-15-25-24(10-11-33-30(25)35-28)20-6-4-7-22(31)12-20/h4,6-17,34H,2-3,5H2,1H3,(H,33,35)(H,36,37). The van der Waals surface area contributed by atoms with Crippen molar-refractivity contribution in [2.24, 2.45) is 0 Å². The van der Waals surface area contributed by atoms with Gasteiger partial charge in [-0.05, 0) is 65.6 Å². The van der Waals surface area contributed by atoms with Crippen molar-refractivity contribution in [3.05, 3.63) is 97.3 Å². The number of benzene rings is 2. The highest BCUT2D eigenvalue weighted by Crippen LogP contribution is 2.35. The summed E-state index contributed by atoms with van der Waals surface area (Å²) >= 11 is 0. The van der Waals surface area contributed by atoms with Crippen LogP contribution in [0.15, 0.2) is 91.5 Å². The van der Waals surface area contributed by atoms with Crippen molar-refractivity contribution < 1.29 is 4.39 Å². The first-order chi connectivity index (χ1) is 18.1. The van der Waals surface area contributed by atoms with Gasteiger partial charge in [-0.1, -0.05) is 38.1 Å². The van der Waals surface area contributed by atoms with E-state index >= 15 is 0 Å². The molecule has 3 N–H and O–H groups in total. The van der Waals surface area contributed by atoms with Crippen molar-refractivity contribution >= 4 is 27.6 Å². The molecule has 0 aliphatic rings. The fourth-order valence-electron chi connectivity index (χ4n) is 4.70. The SMILES string of the molecule is C=C(CCC)Nc1cncc(-c2ccc3[nH]nc(-c4cc5c(-c6cccc(F)c6)ccnc5[nH]4)c3c2)c1. The lowest BCUT2D eigenvalue weighted by Crippen LogP contribution is -1.98. The van der Waals surface area contributed by atoms with Crippen LogP contribution in [0, 0.1) is 5.82 Å². The van der Waals surface area contributed by atoms with E-state index < -0.39 is 0 Å². The molecule has 4 heterocycles. The van der Waals surface area contributed by atoms with Crippen molar-refractivity contribution in [2.45, 2.75) is 19.8 Å². The number of H-pyrrole nitrogens is 2. The van der Waals surface area contributed by atoms with Gasteiger partial charge in [0.05, 0.1) is 23.1 Å². The Morgan fingerprint density at radius 2 is 1.89 bits per heavy atom. The second-order valence-corrected chi connectivity index (χ2v) is 9.09. The molecule has 0 radical (unpaired) electrons. The summed E-state index contributed by atoms with van der Waals surface area (Å²) in [6.45, 7) is 6.22. The second kappa shape index (κ2) is 9.35. The highest BCUT2D eigenvalue weighted by molar-refractivity contribution is 6.00. The van der Waals surface area contributed by atoms with Crippen LogP contribution in [0.3, 0.4) is 0 Å². The van der Waals surface area contributed by atoms with E-state index in [-0.39, 0.29) is 5.82 Å². The Bertz CT molecular complexity index is 1760. The maximum Gasteiger partial charge on any atom is 0.138 e. The summed E-state index contributed by atoms with van der Waals surface area (Å²) in [5.74, 6) is -0.271. The molecule has 2 aromatic carbocycles. The van der Waals surface area contributed by atoms with E-state index in [0.29, 0.717) is 0 Å². The van der Waals surface area contributed by atoms with Crippen LogP contribution >= 0.6 is 0 Å². The zero-order valence-electron chi connectivity index (χ0n) is 20.3. The zero-order valence-corrected chi connectivity index (χ0v) is 20.3. The smallest absolute Gasteiger partial charge is 0.138 e. The van der Waals surface area contributed by atoms with E-state index in [2.05, 4.69) is 62.2 Å². The molecule has 0 atom stereocenters. The molecule has 6 nitrogen and oxygen atoms in total. The molecule has 0 amide bonds. The van der Waals surface area contributed by atoms with Gasteiger partial charge in [-0.3, -0.25) is 10.1 Å². The van der Waals surface area contributed by atoms with E-state index in [0.717, 1.165) is 79.8 Å². The van der Waals surface area contributed by atoms with Gasteiger partial charge in [-0.15, -0.1) is 0 Å². The quantitative estimate of drug-likeness (QED) is 0.215. The van der Waals surface area contributed by atoms with Crippen LogP contribution < -0.4 is 5.32 Å². The van der Waals surface area contributed by atoms with E-state index in [9.17, 15) is 4.39 Å². The lowest BCUT2D eigenvalue weighted by atomic mass is 10.0. The normalized spacial score (nSPS) is 11.3. The Hall–Kier alpha value is -4.78. The van der Waals surface area contributed by atoms with E-state index in [1.54, 1.807) is 18.5 Å². The molecule has 0 fully saturated rings. The minimum Gasteiger partial charge on any atom is -0.358 e. The fourth-order valence-corrected chi connectivity index (χ4v) is 4.70. The van der Waals surface area contributed by atoms with Gasteiger partial charge in [-0.2, -0.15) is 5.10 Å². The van der Waals surface area contributed by atoms with Gasteiger partial charge in [0.15, 0.2) is 0 Å². The number of fused-ring (bicyclic) bond motifs is 2. The third-order valence-corrected chi connectivity index (χ3v) is 6.43. The monoisotopic (exact) mass is 488 g/mol. The van der Waals surface area contributed by atoms with Crippen LogP contribution in [0.25, 0.3) is 55.6 Å². The van der Waals surface area contributed by atoms with Gasteiger partial charge in [-0.25, -0.2) is 9.37 Å². The Labute approximate surface area is 213 Å². The Kier molecular flexibility index (Phi) is 5.73. The first-order valence-electron chi connectivity index (χ1n) is 12.2. The molecule has 0 aliphatic carbocycles. The van der Waals surface area contributed by atoms with Gasteiger partial charge in [0.1, 0.15) is 17.2 Å². The molecule has 0 saturated heterocycles. The molecule has 37 heavy (non-hydrogen) atoms. The van der Waals surface area contributed by atoms with E-state index in [4.69, 9.17) is 0 Å². The molecule has 7 heteroatoms. The summed E-state index contributed by atoms with van der Waals surface area (Å²) in [6.07, 6.45) is 7.33. The maximum atomic E-state index is 13.9. The number of anilines is 1. The number of pyridine rings is 2. The van der Waals surface area contributed by atoms with Crippen LogP contribution in [-0.2, 0) is 0 Å². The summed E-state index contributed by atoms with van der Waals surface area (Å²) in [7, 11) is 0. The average Bonchev–Trinajstić information content (AvgIpc) is 3.52. The number of rotatable bonds is 7. The van der Waals surface area contributed by atoms with Gasteiger partial charge < -0.3 is 10.3 Å². The van der Waals surface area contributed by atoms with Gasteiger partial charge in [0.2, 0.25) is 0 Å². The lowest BCUT2D eigenvalue weighted by Gasteiger charge is -2.10. The number of halogens is 1. The van der Waals surface area contributed by atoms with Crippen molar-refractivity contribution in [1.29, 1.82) is 0 Å². The number of allylic oxidation sites excluding steroid dienone is 1. The average molecular weight is 489 g/mol. The minimum atomic E-state index is -0.271. The summed E-state index contributed by atoms with van der Waals surface area (Å²) in [5, 5.41) is 13.0. The number of hydrogen-bond acceptors (Lipinski definition) is 4. The van der Waals surface area contributed by atoms with E-state index in [1.165, 1.54) is 12.1 Å². The third kappa shape index (κ3) is 4.36. The summed E-state index contributed by atoms with van der Waals surface area (Å²) < 4.78 is 13.9. The second-order valence-electron chi connectivity index (χ2n) is 9.09. The summed E-state index contributed by atoms with van der Waals surface area (Å²) in [6, 6.07) is 18.8. The summed E-state index contributed by atoms with van der Waals surface area (Å²) in [4.78, 5) is 12.3. The first kappa shape index (κ1) is 22.7. The molecule has 6 rings (SSSR count). The van der Waals surface area contributed by atoms with Crippen molar-refractivity contribution in [1.82, 2.24) is 25.1 Å². The lowest BCUT2D eigenvalue weighted by molar-refractivity contribution is 0.628. The fraction of sp³-hybridized carbons (Fsp3) is 0.100. The Morgan fingerprint density at radius 1 is 0.973 bits per heavy atom. The molecule has 0 aliphatic heterocycles. The molecular weight excluding hydrogens is 463 g/mol. The zero-order chi connectivity index (χ0) is 25.4. The molecule has 0 spiro atoms. The van der Waals surface area contributed by atoms with Gasteiger partial charge in [0.25, 0.3) is 0 Å². The van der Waals surface area contributed by atoms with E-state index in [1.807, 2.05) is 30.5 Å². The number of nitrogens with zero attached hydrogens (tertiary/aromatic N) is 3. The van der Waals surface area contributed by atoms with Crippen molar-refractivity contribution in [3.63, 3.8) is 0 Å². The van der Waals surface area contributed by atoms with Crippen LogP contribution in [0.4, 0.5) is 10.1 Å². The van der Waals surface area contributed by atoms with Crippen molar-refractivity contribution in [2.75, 3.05) is 5.32 Å². The predicted octanol–water partition coefficient (Wildman–Crippen LogP) is 7.70. The molecule has 182 valence electrons. The molecule has 6 aromatic rings.